The number of carbonyl (C=O) groups is 1. The van der Waals surface area contributed by atoms with Crippen molar-refractivity contribution in [2.24, 2.45) is 5.73 Å². The van der Waals surface area contributed by atoms with Crippen LogP contribution in [0.15, 0.2) is 24.4 Å². The number of hydrogen-bond donors (Lipinski definition) is 3. The molecule has 1 amide bonds. The fourth-order valence-electron chi connectivity index (χ4n) is 2.56. The number of nitrogens with two attached hydrogens (primary N) is 2. The Hall–Kier alpha value is -2.68. The second-order valence-corrected chi connectivity index (χ2v) is 5.94. The van der Waals surface area contributed by atoms with Gasteiger partial charge in [-0.15, -0.1) is 0 Å². The van der Waals surface area contributed by atoms with Crippen LogP contribution in [0.1, 0.15) is 30.2 Å². The normalized spacial score (nSPS) is 14.1. The summed E-state index contributed by atoms with van der Waals surface area (Å²) in [5.74, 6) is -1.66. The van der Waals surface area contributed by atoms with Crippen molar-refractivity contribution in [3.8, 4) is 11.3 Å². The predicted octanol–water partition coefficient (Wildman–Crippen LogP) is 2.22. The van der Waals surface area contributed by atoms with E-state index in [2.05, 4.69) is 9.97 Å². The zero-order valence-electron chi connectivity index (χ0n) is 14.3. The molecule has 0 radical (unpaired) electrons. The first-order valence-corrected chi connectivity index (χ1v) is 7.84. The van der Waals surface area contributed by atoms with Crippen molar-refractivity contribution in [2.75, 3.05) is 5.73 Å². The van der Waals surface area contributed by atoms with E-state index in [-0.39, 0.29) is 17.1 Å². The Bertz CT molecular complexity index is 839. The van der Waals surface area contributed by atoms with E-state index < -0.39 is 23.2 Å². The van der Waals surface area contributed by atoms with Crippen molar-refractivity contribution in [2.45, 2.75) is 38.5 Å². The van der Waals surface area contributed by atoms with Crippen LogP contribution in [0.4, 0.5) is 19.0 Å². The number of hydrogen-bond acceptors (Lipinski definition) is 5. The van der Waals surface area contributed by atoms with E-state index in [0.717, 1.165) is 18.6 Å². The number of primary amides is 1. The largest absolute Gasteiger partial charge is 0.430 e. The minimum absolute atomic E-state index is 0.244. The van der Waals surface area contributed by atoms with Crippen LogP contribution in [-0.2, 0) is 16.8 Å². The zero-order valence-corrected chi connectivity index (χ0v) is 14.3. The number of carbonyl (C=O) groups excluding carboxylic acids is 1. The lowest BCUT2D eigenvalue weighted by atomic mass is 9.89. The number of nitrogen functional groups attached to an aromatic ring is 1. The smallest absolute Gasteiger partial charge is 0.382 e. The standard InChI is InChI=1S/C17H19F3N4O2/c1-3-4-12-14(21)23-8-13(24-12)11-7-10(6-5-9(11)2)16(26,15(22)25)17(18,19)20/h5-8,26H,3-4H2,1-2H3,(H2,21,23)(H2,22,25). The van der Waals surface area contributed by atoms with Crippen LogP contribution in [0.2, 0.25) is 0 Å². The van der Waals surface area contributed by atoms with E-state index >= 15 is 0 Å². The third-order valence-corrected chi connectivity index (χ3v) is 4.06. The van der Waals surface area contributed by atoms with Crippen molar-refractivity contribution in [1.82, 2.24) is 9.97 Å². The van der Waals surface area contributed by atoms with E-state index in [1.807, 2.05) is 6.92 Å². The first-order chi connectivity index (χ1) is 12.0. The molecular formula is C17H19F3N4O2. The van der Waals surface area contributed by atoms with Crippen LogP contribution < -0.4 is 11.5 Å². The molecule has 2 aromatic rings. The van der Waals surface area contributed by atoms with Gasteiger partial charge in [-0.3, -0.25) is 4.79 Å². The van der Waals surface area contributed by atoms with Gasteiger partial charge in [0.05, 0.1) is 17.6 Å². The number of aromatic nitrogens is 2. The van der Waals surface area contributed by atoms with Gasteiger partial charge in [0.2, 0.25) is 0 Å². The molecule has 0 spiro atoms. The van der Waals surface area contributed by atoms with Gasteiger partial charge in [0.25, 0.3) is 11.5 Å². The molecule has 26 heavy (non-hydrogen) atoms. The van der Waals surface area contributed by atoms with Gasteiger partial charge in [-0.1, -0.05) is 25.5 Å². The van der Waals surface area contributed by atoms with Crippen molar-refractivity contribution in [3.05, 3.63) is 41.2 Å². The summed E-state index contributed by atoms with van der Waals surface area (Å²) in [7, 11) is 0. The summed E-state index contributed by atoms with van der Waals surface area (Å²) in [5, 5.41) is 9.99. The van der Waals surface area contributed by atoms with E-state index in [0.29, 0.717) is 17.7 Å². The van der Waals surface area contributed by atoms with Crippen LogP contribution in [0.3, 0.4) is 0 Å². The molecule has 0 saturated carbocycles. The molecule has 140 valence electrons. The van der Waals surface area contributed by atoms with E-state index in [4.69, 9.17) is 11.5 Å². The lowest BCUT2D eigenvalue weighted by Gasteiger charge is -2.28. The minimum Gasteiger partial charge on any atom is -0.382 e. The third-order valence-electron chi connectivity index (χ3n) is 4.06. The Kier molecular flexibility index (Phi) is 5.22. The van der Waals surface area contributed by atoms with E-state index in [9.17, 15) is 23.1 Å². The lowest BCUT2D eigenvalue weighted by Crippen LogP contribution is -2.52. The van der Waals surface area contributed by atoms with Gasteiger partial charge in [-0.25, -0.2) is 9.97 Å². The highest BCUT2D eigenvalue weighted by Gasteiger charge is 2.60. The summed E-state index contributed by atoms with van der Waals surface area (Å²) in [4.78, 5) is 19.8. The maximum atomic E-state index is 13.3. The molecule has 1 atom stereocenters. The molecular weight excluding hydrogens is 349 g/mol. The van der Waals surface area contributed by atoms with Gasteiger partial charge in [0.1, 0.15) is 5.82 Å². The van der Waals surface area contributed by atoms with E-state index in [1.54, 1.807) is 6.92 Å². The Labute approximate surface area is 148 Å². The summed E-state index contributed by atoms with van der Waals surface area (Å²) in [6.07, 6.45) is -2.63. The van der Waals surface area contributed by atoms with Crippen LogP contribution >= 0.6 is 0 Å². The average Bonchev–Trinajstić information content (AvgIpc) is 2.55. The molecule has 0 aliphatic rings. The highest BCUT2D eigenvalue weighted by Crippen LogP contribution is 2.40. The van der Waals surface area contributed by atoms with Crippen LogP contribution in [0.25, 0.3) is 11.3 Å². The Morgan fingerprint density at radius 2 is 1.96 bits per heavy atom. The molecule has 1 heterocycles. The number of aliphatic hydroxyl groups is 1. The number of rotatable bonds is 5. The zero-order chi connectivity index (χ0) is 19.7. The Morgan fingerprint density at radius 3 is 2.50 bits per heavy atom. The van der Waals surface area contributed by atoms with Crippen molar-refractivity contribution >= 4 is 11.7 Å². The van der Waals surface area contributed by atoms with E-state index in [1.165, 1.54) is 12.3 Å². The number of nitrogens with zero attached hydrogens (tertiary/aromatic N) is 2. The van der Waals surface area contributed by atoms with Gasteiger partial charge in [0, 0.05) is 11.1 Å². The van der Waals surface area contributed by atoms with Gasteiger partial charge >= 0.3 is 6.18 Å². The molecule has 1 unspecified atom stereocenters. The summed E-state index contributed by atoms with van der Waals surface area (Å²) in [6.45, 7) is 3.59. The number of anilines is 1. The number of halogens is 3. The summed E-state index contributed by atoms with van der Waals surface area (Å²) >= 11 is 0. The molecule has 2 rings (SSSR count). The maximum Gasteiger partial charge on any atom is 0.430 e. The molecule has 5 N–H and O–H groups in total. The van der Waals surface area contributed by atoms with Gasteiger partial charge in [-0.2, -0.15) is 13.2 Å². The molecule has 0 aliphatic heterocycles. The summed E-state index contributed by atoms with van der Waals surface area (Å²) in [5.41, 5.74) is 7.81. The monoisotopic (exact) mass is 368 g/mol. The number of alkyl halides is 3. The molecule has 0 bridgehead atoms. The molecule has 0 fully saturated rings. The van der Waals surface area contributed by atoms with Gasteiger partial charge in [0.15, 0.2) is 0 Å². The van der Waals surface area contributed by atoms with Gasteiger partial charge < -0.3 is 16.6 Å². The molecule has 1 aromatic heterocycles. The minimum atomic E-state index is -5.27. The number of benzene rings is 1. The van der Waals surface area contributed by atoms with Crippen LogP contribution in [0.5, 0.6) is 0 Å². The second-order valence-electron chi connectivity index (χ2n) is 5.94. The first-order valence-electron chi connectivity index (χ1n) is 7.84. The van der Waals surface area contributed by atoms with Crippen LogP contribution in [0, 0.1) is 6.92 Å². The lowest BCUT2D eigenvalue weighted by molar-refractivity contribution is -0.255. The molecule has 0 saturated heterocycles. The highest BCUT2D eigenvalue weighted by molar-refractivity contribution is 5.86. The summed E-state index contributed by atoms with van der Waals surface area (Å²) < 4.78 is 39.9. The average molecular weight is 368 g/mol. The fourth-order valence-corrected chi connectivity index (χ4v) is 2.56. The SMILES string of the molecule is CCCc1nc(-c2cc(C(O)(C(N)=O)C(F)(F)F)ccc2C)cnc1N. The molecule has 9 heteroatoms. The first kappa shape index (κ1) is 19.6. The highest BCUT2D eigenvalue weighted by atomic mass is 19.4. The van der Waals surface area contributed by atoms with Crippen molar-refractivity contribution in [1.29, 1.82) is 0 Å². The van der Waals surface area contributed by atoms with Crippen molar-refractivity contribution in [3.63, 3.8) is 0 Å². The van der Waals surface area contributed by atoms with Gasteiger partial charge in [-0.05, 0) is 25.0 Å². The molecule has 6 nitrogen and oxygen atoms in total. The fraction of sp³-hybridized carbons (Fsp3) is 0.353. The quantitative estimate of drug-likeness (QED) is 0.748. The summed E-state index contributed by atoms with van der Waals surface area (Å²) in [6, 6.07) is 3.40. The molecule has 0 aliphatic carbocycles. The molecule has 1 aromatic carbocycles. The Morgan fingerprint density at radius 1 is 1.31 bits per heavy atom. The predicted molar refractivity (Wildman–Crippen MR) is 89.8 cm³/mol. The Balaban J connectivity index is 2.65. The third kappa shape index (κ3) is 3.34. The number of aryl methyl sites for hydroxylation is 2. The topological polar surface area (TPSA) is 115 Å². The van der Waals surface area contributed by atoms with Crippen LogP contribution in [-0.4, -0.2) is 27.2 Å². The van der Waals surface area contributed by atoms with Crippen molar-refractivity contribution < 1.29 is 23.1 Å². The maximum absolute atomic E-state index is 13.3. The number of amides is 1. The second kappa shape index (κ2) is 6.91.